The van der Waals surface area contributed by atoms with Crippen LogP contribution in [0.4, 0.5) is 0 Å². The summed E-state index contributed by atoms with van der Waals surface area (Å²) in [6.45, 7) is 0.623. The summed E-state index contributed by atoms with van der Waals surface area (Å²) >= 11 is 3.09. The topological polar surface area (TPSA) is 88.2 Å². The lowest BCUT2D eigenvalue weighted by Gasteiger charge is -2.02. The molecule has 0 bridgehead atoms. The Morgan fingerprint density at radius 3 is 2.62 bits per heavy atom. The Morgan fingerprint density at radius 1 is 1.29 bits per heavy atom. The standard InChI is InChI=1S/C15H18N4S2/c1-20-12-9-11(13(21-12)14(16)17)15(18)19-8-7-10-5-3-2-4-6-10/h2-6,9H,7-8H2,1H3,(H3,16,17)(H2,18,19). The molecule has 0 unspecified atom stereocenters. The number of nitrogens with two attached hydrogens (primary N) is 2. The molecule has 0 aliphatic carbocycles. The van der Waals surface area contributed by atoms with Gasteiger partial charge in [-0.1, -0.05) is 30.3 Å². The van der Waals surface area contributed by atoms with Crippen molar-refractivity contribution in [2.45, 2.75) is 10.6 Å². The third-order valence-corrected chi connectivity index (χ3v) is 5.19. The highest BCUT2D eigenvalue weighted by atomic mass is 32.2. The maximum Gasteiger partial charge on any atom is 0.133 e. The Bertz CT molecular complexity index is 647. The molecular formula is C15H18N4S2. The van der Waals surface area contributed by atoms with E-state index in [-0.39, 0.29) is 5.84 Å². The molecule has 21 heavy (non-hydrogen) atoms. The summed E-state index contributed by atoms with van der Waals surface area (Å²) in [6.07, 6.45) is 2.83. The number of hydrogen-bond acceptors (Lipinski definition) is 4. The molecular weight excluding hydrogens is 300 g/mol. The van der Waals surface area contributed by atoms with Gasteiger partial charge in [-0.3, -0.25) is 10.4 Å². The van der Waals surface area contributed by atoms with E-state index in [1.165, 1.54) is 16.9 Å². The fourth-order valence-corrected chi connectivity index (χ4v) is 3.48. The summed E-state index contributed by atoms with van der Waals surface area (Å²) in [6, 6.07) is 12.1. The number of aliphatic imine (C=N–C) groups is 1. The first-order valence-electron chi connectivity index (χ1n) is 6.48. The summed E-state index contributed by atoms with van der Waals surface area (Å²) in [5.41, 5.74) is 13.7. The predicted octanol–water partition coefficient (Wildman–Crippen LogP) is 2.70. The van der Waals surface area contributed by atoms with Gasteiger partial charge in [0.1, 0.15) is 11.7 Å². The molecule has 6 heteroatoms. The van der Waals surface area contributed by atoms with E-state index in [4.69, 9.17) is 16.9 Å². The number of benzene rings is 1. The fraction of sp³-hybridized carbons (Fsp3) is 0.200. The first kappa shape index (κ1) is 15.6. The average molecular weight is 318 g/mol. The molecule has 0 spiro atoms. The van der Waals surface area contributed by atoms with Gasteiger partial charge in [0.2, 0.25) is 0 Å². The molecule has 2 aromatic rings. The van der Waals surface area contributed by atoms with Crippen LogP contribution in [0.25, 0.3) is 0 Å². The molecule has 4 nitrogen and oxygen atoms in total. The lowest BCUT2D eigenvalue weighted by Crippen LogP contribution is -2.19. The van der Waals surface area contributed by atoms with E-state index in [9.17, 15) is 0 Å². The van der Waals surface area contributed by atoms with Gasteiger partial charge in [-0.05, 0) is 24.3 Å². The van der Waals surface area contributed by atoms with Crippen LogP contribution in [-0.4, -0.2) is 24.5 Å². The molecule has 2 rings (SSSR count). The van der Waals surface area contributed by atoms with Crippen LogP contribution in [0, 0.1) is 5.41 Å². The van der Waals surface area contributed by atoms with Crippen molar-refractivity contribution < 1.29 is 0 Å². The van der Waals surface area contributed by atoms with Crippen molar-refractivity contribution in [1.82, 2.24) is 0 Å². The highest BCUT2D eigenvalue weighted by Gasteiger charge is 2.14. The molecule has 0 atom stereocenters. The van der Waals surface area contributed by atoms with Gasteiger partial charge >= 0.3 is 0 Å². The van der Waals surface area contributed by atoms with Crippen molar-refractivity contribution >= 4 is 34.8 Å². The Hall–Kier alpha value is -1.79. The third kappa shape index (κ3) is 4.09. The molecule has 0 amide bonds. The van der Waals surface area contributed by atoms with Gasteiger partial charge in [0.15, 0.2) is 0 Å². The second kappa shape index (κ2) is 7.28. The minimum Gasteiger partial charge on any atom is -0.383 e. The highest BCUT2D eigenvalue weighted by molar-refractivity contribution is 8.00. The Kier molecular flexibility index (Phi) is 5.41. The summed E-state index contributed by atoms with van der Waals surface area (Å²) < 4.78 is 1.08. The van der Waals surface area contributed by atoms with Crippen molar-refractivity contribution in [3.05, 3.63) is 52.4 Å². The average Bonchev–Trinajstić information content (AvgIpc) is 2.93. The molecule has 0 saturated heterocycles. The third-order valence-electron chi connectivity index (χ3n) is 2.96. The Morgan fingerprint density at radius 2 is 2.00 bits per heavy atom. The minimum atomic E-state index is 0.0384. The zero-order valence-corrected chi connectivity index (χ0v) is 13.4. The smallest absolute Gasteiger partial charge is 0.133 e. The quantitative estimate of drug-likeness (QED) is 0.435. The van der Waals surface area contributed by atoms with Gasteiger partial charge in [-0.2, -0.15) is 0 Å². The van der Waals surface area contributed by atoms with Crippen molar-refractivity contribution in [2.24, 2.45) is 16.5 Å². The van der Waals surface area contributed by atoms with Crippen LogP contribution in [0.2, 0.25) is 0 Å². The van der Waals surface area contributed by atoms with Crippen molar-refractivity contribution in [2.75, 3.05) is 12.8 Å². The molecule has 5 N–H and O–H groups in total. The number of nitrogen functional groups attached to an aromatic ring is 1. The first-order chi connectivity index (χ1) is 10.1. The molecule has 1 heterocycles. The lowest BCUT2D eigenvalue weighted by molar-refractivity contribution is 0.966. The summed E-state index contributed by atoms with van der Waals surface area (Å²) in [7, 11) is 0. The van der Waals surface area contributed by atoms with Crippen LogP contribution < -0.4 is 11.5 Å². The molecule has 1 aromatic heterocycles. The number of nitrogens with one attached hydrogen (secondary N) is 1. The van der Waals surface area contributed by atoms with Crippen molar-refractivity contribution in [3.63, 3.8) is 0 Å². The second-order valence-electron chi connectivity index (χ2n) is 4.43. The molecule has 0 aliphatic rings. The predicted molar refractivity (Wildman–Crippen MR) is 92.9 cm³/mol. The zero-order valence-electron chi connectivity index (χ0n) is 11.8. The van der Waals surface area contributed by atoms with E-state index in [0.29, 0.717) is 17.3 Å². The molecule has 0 radical (unpaired) electrons. The normalized spacial score (nSPS) is 11.6. The summed E-state index contributed by atoms with van der Waals surface area (Å²) in [5.74, 6) is 0.490. The number of nitrogens with zero attached hydrogens (tertiary/aromatic N) is 1. The van der Waals surface area contributed by atoms with Crippen LogP contribution in [-0.2, 0) is 6.42 Å². The lowest BCUT2D eigenvalue weighted by atomic mass is 10.1. The SMILES string of the molecule is CSc1cc(C(N)=NCCc2ccccc2)c(C(=N)N)s1. The molecule has 1 aromatic carbocycles. The summed E-state index contributed by atoms with van der Waals surface area (Å²) in [4.78, 5) is 5.11. The Balaban J connectivity index is 2.11. The second-order valence-corrected chi connectivity index (χ2v) is 6.59. The van der Waals surface area contributed by atoms with E-state index in [0.717, 1.165) is 16.2 Å². The van der Waals surface area contributed by atoms with Gasteiger partial charge in [-0.25, -0.2) is 0 Å². The van der Waals surface area contributed by atoms with Crippen LogP contribution in [0.1, 0.15) is 16.0 Å². The van der Waals surface area contributed by atoms with Crippen LogP contribution >= 0.6 is 23.1 Å². The van der Waals surface area contributed by atoms with Gasteiger partial charge in [0.25, 0.3) is 0 Å². The van der Waals surface area contributed by atoms with Crippen LogP contribution in [0.3, 0.4) is 0 Å². The van der Waals surface area contributed by atoms with Crippen molar-refractivity contribution in [1.29, 1.82) is 5.41 Å². The Labute approximate surface area is 132 Å². The maximum atomic E-state index is 7.64. The van der Waals surface area contributed by atoms with Gasteiger partial charge < -0.3 is 11.5 Å². The van der Waals surface area contributed by atoms with E-state index in [1.54, 1.807) is 11.8 Å². The largest absolute Gasteiger partial charge is 0.383 e. The minimum absolute atomic E-state index is 0.0384. The van der Waals surface area contributed by atoms with E-state index in [1.807, 2.05) is 30.5 Å². The summed E-state index contributed by atoms with van der Waals surface area (Å²) in [5, 5.41) is 7.64. The molecule has 110 valence electrons. The fourth-order valence-electron chi connectivity index (χ4n) is 1.89. The first-order valence-corrected chi connectivity index (χ1v) is 8.52. The zero-order chi connectivity index (χ0) is 15.2. The van der Waals surface area contributed by atoms with Gasteiger partial charge in [-0.15, -0.1) is 23.1 Å². The highest BCUT2D eigenvalue weighted by Crippen LogP contribution is 2.29. The number of hydrogen-bond donors (Lipinski definition) is 3. The van der Waals surface area contributed by atoms with Gasteiger partial charge in [0.05, 0.1) is 9.09 Å². The number of rotatable bonds is 6. The van der Waals surface area contributed by atoms with Crippen LogP contribution in [0.5, 0.6) is 0 Å². The van der Waals surface area contributed by atoms with E-state index in [2.05, 4.69) is 17.1 Å². The monoisotopic (exact) mass is 318 g/mol. The van der Waals surface area contributed by atoms with E-state index >= 15 is 0 Å². The molecule has 0 fully saturated rings. The molecule has 0 saturated carbocycles. The van der Waals surface area contributed by atoms with Crippen LogP contribution in [0.15, 0.2) is 45.6 Å². The maximum absolute atomic E-state index is 7.64. The van der Waals surface area contributed by atoms with Crippen molar-refractivity contribution in [3.8, 4) is 0 Å². The van der Waals surface area contributed by atoms with Gasteiger partial charge in [0, 0.05) is 12.1 Å². The molecule has 0 aliphatic heterocycles. The number of amidine groups is 2. The number of thiophene rings is 1. The number of thioether (sulfide) groups is 1. The van der Waals surface area contributed by atoms with E-state index < -0.39 is 0 Å².